The average molecular weight is 263 g/mol. The van der Waals surface area contributed by atoms with Crippen LogP contribution in [0.25, 0.3) is 0 Å². The summed E-state index contributed by atoms with van der Waals surface area (Å²) in [5, 5.41) is 2.65. The first kappa shape index (κ1) is 15.2. The zero-order valence-corrected chi connectivity index (χ0v) is 11.4. The van der Waals surface area contributed by atoms with E-state index in [-0.39, 0.29) is 18.4 Å². The van der Waals surface area contributed by atoms with Crippen LogP contribution < -0.4 is 11.1 Å². The summed E-state index contributed by atoms with van der Waals surface area (Å²) in [7, 11) is 1.59. The first-order valence-corrected chi connectivity index (χ1v) is 6.35. The van der Waals surface area contributed by atoms with Gasteiger partial charge in [0, 0.05) is 13.6 Å². The number of nitrogens with two attached hydrogens (primary N) is 1. The Bertz CT molecular complexity index is 420. The third kappa shape index (κ3) is 5.09. The number of amides is 2. The molecule has 0 spiro atoms. The Hall–Kier alpha value is -1.88. The molecule has 0 aliphatic rings. The van der Waals surface area contributed by atoms with Gasteiger partial charge in [0.2, 0.25) is 11.8 Å². The molecule has 0 saturated heterocycles. The lowest BCUT2D eigenvalue weighted by molar-refractivity contribution is -0.135. The Labute approximate surface area is 113 Å². The predicted molar refractivity (Wildman–Crippen MR) is 74.4 cm³/mol. The molecular weight excluding hydrogens is 242 g/mol. The van der Waals surface area contributed by atoms with Gasteiger partial charge in [-0.15, -0.1) is 0 Å². The fourth-order valence-electron chi connectivity index (χ4n) is 1.78. The van der Waals surface area contributed by atoms with Gasteiger partial charge in [-0.2, -0.15) is 0 Å². The standard InChI is InChI=1S/C14H21N3O2/c1-3-16-13(18)10-17(2)14(19)12(15)9-11-7-5-4-6-8-11/h4-8,12H,3,9-10,15H2,1-2H3,(H,16,18)/t12-/m0/s1. The van der Waals surface area contributed by atoms with E-state index in [1.807, 2.05) is 37.3 Å². The third-order valence-electron chi connectivity index (χ3n) is 2.75. The lowest BCUT2D eigenvalue weighted by Gasteiger charge is -2.20. The number of nitrogens with zero attached hydrogens (tertiary/aromatic N) is 1. The molecule has 1 aromatic rings. The van der Waals surface area contributed by atoms with E-state index in [9.17, 15) is 9.59 Å². The smallest absolute Gasteiger partial charge is 0.240 e. The molecule has 0 saturated carbocycles. The van der Waals surface area contributed by atoms with Crippen LogP contribution >= 0.6 is 0 Å². The summed E-state index contributed by atoms with van der Waals surface area (Å²) in [6.45, 7) is 2.42. The Morgan fingerprint density at radius 3 is 2.53 bits per heavy atom. The molecule has 0 aliphatic carbocycles. The van der Waals surface area contributed by atoms with Crippen molar-refractivity contribution in [3.8, 4) is 0 Å². The minimum atomic E-state index is -0.623. The molecule has 104 valence electrons. The van der Waals surface area contributed by atoms with Gasteiger partial charge in [0.25, 0.3) is 0 Å². The molecular formula is C14H21N3O2. The molecule has 0 unspecified atom stereocenters. The normalized spacial score (nSPS) is 11.7. The van der Waals surface area contributed by atoms with Crippen molar-refractivity contribution < 1.29 is 9.59 Å². The number of hydrogen-bond acceptors (Lipinski definition) is 3. The SMILES string of the molecule is CCNC(=O)CN(C)C(=O)[C@@H](N)Cc1ccccc1. The average Bonchev–Trinajstić information content (AvgIpc) is 2.39. The van der Waals surface area contributed by atoms with Crippen LogP contribution in [0.1, 0.15) is 12.5 Å². The van der Waals surface area contributed by atoms with Gasteiger partial charge >= 0.3 is 0 Å². The Kier molecular flexibility index (Phi) is 6.02. The van der Waals surface area contributed by atoms with Crippen molar-refractivity contribution in [3.05, 3.63) is 35.9 Å². The summed E-state index contributed by atoms with van der Waals surface area (Å²) in [6.07, 6.45) is 0.472. The second kappa shape index (κ2) is 7.53. The summed E-state index contributed by atoms with van der Waals surface area (Å²) < 4.78 is 0. The van der Waals surface area contributed by atoms with Crippen LogP contribution in [0.15, 0.2) is 30.3 Å². The van der Waals surface area contributed by atoms with Gasteiger partial charge in [0.15, 0.2) is 0 Å². The zero-order chi connectivity index (χ0) is 14.3. The van der Waals surface area contributed by atoms with E-state index in [2.05, 4.69) is 5.32 Å². The second-order valence-corrected chi connectivity index (χ2v) is 4.44. The van der Waals surface area contributed by atoms with E-state index in [4.69, 9.17) is 5.73 Å². The lowest BCUT2D eigenvalue weighted by atomic mass is 10.1. The third-order valence-corrected chi connectivity index (χ3v) is 2.75. The van der Waals surface area contributed by atoms with Crippen molar-refractivity contribution in [2.75, 3.05) is 20.1 Å². The molecule has 0 bridgehead atoms. The molecule has 0 fully saturated rings. The molecule has 0 aromatic heterocycles. The quantitative estimate of drug-likeness (QED) is 0.767. The largest absolute Gasteiger partial charge is 0.355 e. The minimum Gasteiger partial charge on any atom is -0.355 e. The highest BCUT2D eigenvalue weighted by Gasteiger charge is 2.19. The monoisotopic (exact) mass is 263 g/mol. The summed E-state index contributed by atoms with van der Waals surface area (Å²) in [4.78, 5) is 24.8. The number of likely N-dealkylation sites (N-methyl/N-ethyl adjacent to an activating group) is 2. The van der Waals surface area contributed by atoms with E-state index in [0.29, 0.717) is 13.0 Å². The molecule has 3 N–H and O–H groups in total. The number of benzene rings is 1. The molecule has 0 radical (unpaired) electrons. The number of hydrogen-bond donors (Lipinski definition) is 2. The molecule has 1 rings (SSSR count). The van der Waals surface area contributed by atoms with E-state index < -0.39 is 6.04 Å². The van der Waals surface area contributed by atoms with Crippen LogP contribution in [0.3, 0.4) is 0 Å². The molecule has 5 heteroatoms. The van der Waals surface area contributed by atoms with E-state index in [1.54, 1.807) is 7.05 Å². The van der Waals surface area contributed by atoms with Gasteiger partial charge < -0.3 is 16.0 Å². The van der Waals surface area contributed by atoms with Crippen molar-refractivity contribution in [3.63, 3.8) is 0 Å². The van der Waals surface area contributed by atoms with Gasteiger partial charge in [0.1, 0.15) is 0 Å². The van der Waals surface area contributed by atoms with Gasteiger partial charge in [-0.3, -0.25) is 9.59 Å². The first-order valence-electron chi connectivity index (χ1n) is 6.35. The summed E-state index contributed by atoms with van der Waals surface area (Å²) >= 11 is 0. The van der Waals surface area contributed by atoms with Gasteiger partial charge in [0.05, 0.1) is 12.6 Å². The van der Waals surface area contributed by atoms with Gasteiger partial charge in [-0.05, 0) is 18.9 Å². The summed E-state index contributed by atoms with van der Waals surface area (Å²) in [5.74, 6) is -0.402. The Morgan fingerprint density at radius 1 is 1.32 bits per heavy atom. The molecule has 0 heterocycles. The minimum absolute atomic E-state index is 0.0369. The van der Waals surface area contributed by atoms with Gasteiger partial charge in [-0.25, -0.2) is 0 Å². The van der Waals surface area contributed by atoms with Crippen LogP contribution in [-0.4, -0.2) is 42.9 Å². The van der Waals surface area contributed by atoms with Crippen LogP contribution in [0.4, 0.5) is 0 Å². The van der Waals surface area contributed by atoms with Crippen LogP contribution in [0, 0.1) is 0 Å². The van der Waals surface area contributed by atoms with E-state index in [0.717, 1.165) is 5.56 Å². The molecule has 2 amide bonds. The maximum Gasteiger partial charge on any atom is 0.240 e. The maximum absolute atomic E-state index is 12.0. The van der Waals surface area contributed by atoms with Crippen molar-refractivity contribution in [1.29, 1.82) is 0 Å². The van der Waals surface area contributed by atoms with Gasteiger partial charge in [-0.1, -0.05) is 30.3 Å². The van der Waals surface area contributed by atoms with Crippen LogP contribution in [-0.2, 0) is 16.0 Å². The van der Waals surface area contributed by atoms with E-state index in [1.165, 1.54) is 4.90 Å². The highest BCUT2D eigenvalue weighted by atomic mass is 16.2. The summed E-state index contributed by atoms with van der Waals surface area (Å²) in [6, 6.07) is 8.96. The second-order valence-electron chi connectivity index (χ2n) is 4.44. The maximum atomic E-state index is 12.0. The Morgan fingerprint density at radius 2 is 1.95 bits per heavy atom. The first-order chi connectivity index (χ1) is 9.04. The van der Waals surface area contributed by atoms with Crippen LogP contribution in [0.2, 0.25) is 0 Å². The summed E-state index contributed by atoms with van der Waals surface area (Å²) in [5.41, 5.74) is 6.89. The van der Waals surface area contributed by atoms with Crippen LogP contribution in [0.5, 0.6) is 0 Å². The van der Waals surface area contributed by atoms with Crippen molar-refractivity contribution in [1.82, 2.24) is 10.2 Å². The number of rotatable bonds is 6. The van der Waals surface area contributed by atoms with Crippen molar-refractivity contribution in [2.45, 2.75) is 19.4 Å². The number of nitrogens with one attached hydrogen (secondary N) is 1. The van der Waals surface area contributed by atoms with Crippen molar-refractivity contribution >= 4 is 11.8 Å². The highest BCUT2D eigenvalue weighted by molar-refractivity contribution is 5.87. The molecule has 19 heavy (non-hydrogen) atoms. The van der Waals surface area contributed by atoms with Crippen molar-refractivity contribution in [2.24, 2.45) is 5.73 Å². The van der Waals surface area contributed by atoms with E-state index >= 15 is 0 Å². The molecule has 0 aliphatic heterocycles. The Balaban J connectivity index is 2.50. The fraction of sp³-hybridized carbons (Fsp3) is 0.429. The lowest BCUT2D eigenvalue weighted by Crippen LogP contribution is -2.46. The molecule has 1 aromatic carbocycles. The number of carbonyl (C=O) groups is 2. The highest BCUT2D eigenvalue weighted by Crippen LogP contribution is 2.03. The predicted octanol–water partition coefficient (Wildman–Crippen LogP) is 0.151. The molecule has 1 atom stereocenters. The molecule has 5 nitrogen and oxygen atoms in total. The zero-order valence-electron chi connectivity index (χ0n) is 11.4. The topological polar surface area (TPSA) is 75.4 Å². The fourth-order valence-corrected chi connectivity index (χ4v) is 1.78. The number of carbonyl (C=O) groups excluding carboxylic acids is 2.